The lowest BCUT2D eigenvalue weighted by atomic mass is 10.1. The molecule has 122 valence electrons. The Labute approximate surface area is 147 Å². The van der Waals surface area contributed by atoms with Crippen LogP contribution in [0.5, 0.6) is 0 Å². The summed E-state index contributed by atoms with van der Waals surface area (Å²) in [7, 11) is 2.10. The first kappa shape index (κ1) is 18.0. The van der Waals surface area contributed by atoms with Crippen LogP contribution in [-0.4, -0.2) is 23.6 Å². The van der Waals surface area contributed by atoms with Crippen LogP contribution < -0.4 is 0 Å². The fourth-order valence-electron chi connectivity index (χ4n) is 2.63. The average molecular weight is 348 g/mol. The molecule has 0 saturated carbocycles. The highest BCUT2D eigenvalue weighted by molar-refractivity contribution is 7.19. The minimum absolute atomic E-state index is 0. The van der Waals surface area contributed by atoms with Gasteiger partial charge in [-0.05, 0) is 36.6 Å². The quantitative estimate of drug-likeness (QED) is 0.687. The molecule has 0 aliphatic rings. The summed E-state index contributed by atoms with van der Waals surface area (Å²) in [5.41, 5.74) is 1.31. The Hall–Kier alpha value is -1.39. The van der Waals surface area contributed by atoms with E-state index < -0.39 is 0 Å². The van der Waals surface area contributed by atoms with Gasteiger partial charge < -0.3 is 10.0 Å². The number of benzene rings is 2. The third kappa shape index (κ3) is 4.79. The van der Waals surface area contributed by atoms with E-state index in [2.05, 4.69) is 54.4 Å². The molecular formula is C19H22ClNOS. The fraction of sp³-hybridized carbons (Fsp3) is 0.263. The number of aliphatic hydroxyl groups is 1. The minimum Gasteiger partial charge on any atom is -0.388 e. The van der Waals surface area contributed by atoms with Gasteiger partial charge in [0.25, 0.3) is 0 Å². The van der Waals surface area contributed by atoms with E-state index in [0.717, 1.165) is 24.4 Å². The molecule has 0 fully saturated rings. The summed E-state index contributed by atoms with van der Waals surface area (Å²) < 4.78 is 1.24. The number of fused-ring (bicyclic) bond motifs is 1. The Kier molecular flexibility index (Phi) is 6.60. The zero-order valence-electron chi connectivity index (χ0n) is 13.2. The molecule has 2 aromatic carbocycles. The Morgan fingerprint density at radius 1 is 1.04 bits per heavy atom. The van der Waals surface area contributed by atoms with E-state index >= 15 is 0 Å². The molecule has 0 spiro atoms. The standard InChI is InChI=1S/C19H21NOS.ClH/c1-20(14-15-7-3-2-4-8-15)12-11-17(21)19-13-16-9-5-6-10-18(16)22-19;/h2-10,13,17,21H,11-12,14H2,1H3;1H. The molecule has 1 aromatic heterocycles. The summed E-state index contributed by atoms with van der Waals surface area (Å²) in [5, 5.41) is 11.6. The number of aliphatic hydroxyl groups excluding tert-OH is 1. The SMILES string of the molecule is CN(CCC(O)c1cc2ccccc2s1)Cc1ccccc1.Cl. The maximum Gasteiger partial charge on any atom is 0.0894 e. The monoisotopic (exact) mass is 347 g/mol. The zero-order chi connectivity index (χ0) is 15.4. The summed E-state index contributed by atoms with van der Waals surface area (Å²) in [6, 6.07) is 20.8. The molecule has 0 bridgehead atoms. The highest BCUT2D eigenvalue weighted by Gasteiger charge is 2.12. The van der Waals surface area contributed by atoms with Crippen molar-refractivity contribution in [3.63, 3.8) is 0 Å². The molecule has 0 saturated heterocycles. The van der Waals surface area contributed by atoms with Crippen molar-refractivity contribution in [2.45, 2.75) is 19.1 Å². The normalized spacial score (nSPS) is 12.3. The molecule has 1 heterocycles. The summed E-state index contributed by atoms with van der Waals surface area (Å²) in [6.07, 6.45) is 0.381. The molecule has 1 atom stereocenters. The van der Waals surface area contributed by atoms with Gasteiger partial charge in [-0.15, -0.1) is 23.7 Å². The number of halogens is 1. The number of hydrogen-bond acceptors (Lipinski definition) is 3. The zero-order valence-corrected chi connectivity index (χ0v) is 14.8. The van der Waals surface area contributed by atoms with Crippen molar-refractivity contribution < 1.29 is 5.11 Å². The first-order valence-electron chi connectivity index (χ1n) is 7.61. The summed E-state index contributed by atoms with van der Waals surface area (Å²) in [6.45, 7) is 1.80. The van der Waals surface area contributed by atoms with E-state index in [1.165, 1.54) is 15.6 Å². The maximum absolute atomic E-state index is 10.4. The first-order valence-corrected chi connectivity index (χ1v) is 8.43. The fourth-order valence-corrected chi connectivity index (χ4v) is 3.71. The molecule has 1 N–H and O–H groups in total. The minimum atomic E-state index is -0.379. The Bertz CT molecular complexity index is 695. The second-order valence-electron chi connectivity index (χ2n) is 5.71. The maximum atomic E-state index is 10.4. The van der Waals surface area contributed by atoms with Gasteiger partial charge in [0.1, 0.15) is 0 Å². The van der Waals surface area contributed by atoms with Crippen molar-refractivity contribution in [2.24, 2.45) is 0 Å². The lowest BCUT2D eigenvalue weighted by molar-refractivity contribution is 0.151. The van der Waals surface area contributed by atoms with E-state index in [1.54, 1.807) is 11.3 Å². The van der Waals surface area contributed by atoms with Crippen LogP contribution in [0.2, 0.25) is 0 Å². The van der Waals surface area contributed by atoms with Crippen LogP contribution in [0.4, 0.5) is 0 Å². The third-order valence-corrected chi connectivity index (χ3v) is 5.07. The van der Waals surface area contributed by atoms with E-state index in [4.69, 9.17) is 0 Å². The second kappa shape index (κ2) is 8.46. The van der Waals surface area contributed by atoms with Crippen molar-refractivity contribution in [3.05, 3.63) is 71.1 Å². The Morgan fingerprint density at radius 2 is 1.74 bits per heavy atom. The van der Waals surface area contributed by atoms with Crippen LogP contribution in [0, 0.1) is 0 Å². The lowest BCUT2D eigenvalue weighted by Crippen LogP contribution is -2.20. The number of rotatable bonds is 6. The largest absolute Gasteiger partial charge is 0.388 e. The first-order chi connectivity index (χ1) is 10.7. The van der Waals surface area contributed by atoms with Gasteiger partial charge in [-0.3, -0.25) is 0 Å². The molecule has 4 heteroatoms. The molecule has 23 heavy (non-hydrogen) atoms. The molecule has 3 rings (SSSR count). The summed E-state index contributed by atoms with van der Waals surface area (Å²) >= 11 is 1.69. The molecule has 0 amide bonds. The van der Waals surface area contributed by atoms with Crippen molar-refractivity contribution >= 4 is 33.8 Å². The van der Waals surface area contributed by atoms with Gasteiger partial charge in [0.15, 0.2) is 0 Å². The van der Waals surface area contributed by atoms with Gasteiger partial charge in [-0.1, -0.05) is 48.5 Å². The van der Waals surface area contributed by atoms with Crippen molar-refractivity contribution in [2.75, 3.05) is 13.6 Å². The highest BCUT2D eigenvalue weighted by Crippen LogP contribution is 2.31. The predicted molar refractivity (Wildman–Crippen MR) is 101 cm³/mol. The van der Waals surface area contributed by atoms with Gasteiger partial charge in [-0.2, -0.15) is 0 Å². The van der Waals surface area contributed by atoms with Crippen LogP contribution in [0.1, 0.15) is 23.0 Å². The van der Waals surface area contributed by atoms with Crippen LogP contribution in [-0.2, 0) is 6.54 Å². The van der Waals surface area contributed by atoms with E-state index in [9.17, 15) is 5.11 Å². The second-order valence-corrected chi connectivity index (χ2v) is 6.83. The molecule has 0 radical (unpaired) electrons. The van der Waals surface area contributed by atoms with Gasteiger partial charge in [0.05, 0.1) is 6.10 Å². The van der Waals surface area contributed by atoms with E-state index in [0.29, 0.717) is 0 Å². The Balaban J connectivity index is 0.00000192. The molecule has 1 unspecified atom stereocenters. The van der Waals surface area contributed by atoms with Crippen molar-refractivity contribution in [1.82, 2.24) is 4.90 Å². The van der Waals surface area contributed by atoms with Crippen molar-refractivity contribution in [1.29, 1.82) is 0 Å². The number of thiophene rings is 1. The summed E-state index contributed by atoms with van der Waals surface area (Å²) in [4.78, 5) is 3.32. The van der Waals surface area contributed by atoms with E-state index in [-0.39, 0.29) is 18.5 Å². The van der Waals surface area contributed by atoms with Crippen LogP contribution in [0.15, 0.2) is 60.7 Å². The van der Waals surface area contributed by atoms with E-state index in [1.807, 2.05) is 18.2 Å². The van der Waals surface area contributed by atoms with Gasteiger partial charge in [0, 0.05) is 22.7 Å². The van der Waals surface area contributed by atoms with Crippen LogP contribution in [0.25, 0.3) is 10.1 Å². The number of hydrogen-bond donors (Lipinski definition) is 1. The smallest absolute Gasteiger partial charge is 0.0894 e. The molecule has 0 aliphatic carbocycles. The van der Waals surface area contributed by atoms with Crippen LogP contribution >= 0.6 is 23.7 Å². The third-order valence-electron chi connectivity index (χ3n) is 3.85. The molecular weight excluding hydrogens is 326 g/mol. The predicted octanol–water partition coefficient (Wildman–Crippen LogP) is 4.88. The number of nitrogens with zero attached hydrogens (tertiary/aromatic N) is 1. The molecule has 2 nitrogen and oxygen atoms in total. The van der Waals surface area contributed by atoms with Crippen LogP contribution in [0.3, 0.4) is 0 Å². The topological polar surface area (TPSA) is 23.5 Å². The molecule has 0 aliphatic heterocycles. The van der Waals surface area contributed by atoms with Gasteiger partial charge in [-0.25, -0.2) is 0 Å². The summed E-state index contributed by atoms with van der Waals surface area (Å²) in [5.74, 6) is 0. The van der Waals surface area contributed by atoms with Crippen molar-refractivity contribution in [3.8, 4) is 0 Å². The average Bonchev–Trinajstić information content (AvgIpc) is 2.98. The van der Waals surface area contributed by atoms with Gasteiger partial charge >= 0.3 is 0 Å². The molecule has 3 aromatic rings. The van der Waals surface area contributed by atoms with Gasteiger partial charge in [0.2, 0.25) is 0 Å². The highest BCUT2D eigenvalue weighted by atomic mass is 35.5. The Morgan fingerprint density at radius 3 is 2.48 bits per heavy atom. The lowest BCUT2D eigenvalue weighted by Gasteiger charge is -2.18.